The fourth-order valence-corrected chi connectivity index (χ4v) is 6.74. The van der Waals surface area contributed by atoms with Crippen LogP contribution in [0.2, 0.25) is 0 Å². The Morgan fingerprint density at radius 1 is 0.566 bits per heavy atom. The first-order valence-corrected chi connectivity index (χ1v) is 22.7. The fraction of sp³-hybridized carbons (Fsp3) is 0.830. The highest BCUT2D eigenvalue weighted by molar-refractivity contribution is 5.77. The molecule has 0 aliphatic carbocycles. The Balaban J connectivity index is 4.62. The molecule has 0 aromatic carbocycles. The molecule has 0 rings (SSSR count). The maximum atomic E-state index is 13.1. The van der Waals surface area contributed by atoms with Gasteiger partial charge in [-0.25, -0.2) is 0 Å². The molecule has 0 spiro atoms. The molecule has 53 heavy (non-hydrogen) atoms. The lowest BCUT2D eigenvalue weighted by molar-refractivity contribution is -0.151. The number of nitrogens with one attached hydrogen (secondary N) is 1. The van der Waals surface area contributed by atoms with Crippen LogP contribution in [-0.2, 0) is 14.3 Å². The number of esters is 1. The minimum absolute atomic E-state index is 0.0659. The summed E-state index contributed by atoms with van der Waals surface area (Å²) in [7, 11) is 0. The molecule has 0 bridgehead atoms. The van der Waals surface area contributed by atoms with Gasteiger partial charge in [0, 0.05) is 6.42 Å². The van der Waals surface area contributed by atoms with Crippen LogP contribution >= 0.6 is 0 Å². The van der Waals surface area contributed by atoms with Crippen molar-refractivity contribution in [1.29, 1.82) is 0 Å². The number of hydrogen-bond donors (Lipinski definition) is 3. The highest BCUT2D eigenvalue weighted by Crippen LogP contribution is 2.17. The number of ether oxygens (including phenoxy) is 1. The molecule has 3 unspecified atom stereocenters. The van der Waals surface area contributed by atoms with E-state index in [0.29, 0.717) is 19.3 Å². The number of carbonyl (C=O) groups excluding carboxylic acids is 2. The third-order valence-corrected chi connectivity index (χ3v) is 10.2. The molecule has 3 atom stereocenters. The topological polar surface area (TPSA) is 95.9 Å². The lowest BCUT2D eigenvalue weighted by atomic mass is 10.0. The van der Waals surface area contributed by atoms with Gasteiger partial charge >= 0.3 is 5.97 Å². The average Bonchev–Trinajstić information content (AvgIpc) is 3.15. The molecule has 1 amide bonds. The van der Waals surface area contributed by atoms with Crippen molar-refractivity contribution >= 4 is 11.9 Å². The summed E-state index contributed by atoms with van der Waals surface area (Å²) < 4.78 is 5.88. The van der Waals surface area contributed by atoms with E-state index in [1.807, 2.05) is 0 Å². The summed E-state index contributed by atoms with van der Waals surface area (Å²) in [5.41, 5.74) is 0. The zero-order valence-electron chi connectivity index (χ0n) is 35.1. The normalized spacial score (nSPS) is 13.7. The number of aliphatic hydroxyl groups is 2. The van der Waals surface area contributed by atoms with E-state index in [-0.39, 0.29) is 24.9 Å². The largest absolute Gasteiger partial charge is 0.462 e. The number of rotatable bonds is 40. The van der Waals surface area contributed by atoms with Crippen LogP contribution in [0.5, 0.6) is 0 Å². The van der Waals surface area contributed by atoms with Gasteiger partial charge in [0.2, 0.25) is 5.91 Å². The van der Waals surface area contributed by atoms with Gasteiger partial charge in [0.15, 0.2) is 0 Å². The fourth-order valence-electron chi connectivity index (χ4n) is 6.74. The van der Waals surface area contributed by atoms with E-state index >= 15 is 0 Å². The second-order valence-corrected chi connectivity index (χ2v) is 15.4. The van der Waals surface area contributed by atoms with Crippen molar-refractivity contribution in [3.8, 4) is 0 Å². The summed E-state index contributed by atoms with van der Waals surface area (Å²) in [6, 6.07) is -0.703. The van der Waals surface area contributed by atoms with Gasteiger partial charge in [0.25, 0.3) is 0 Å². The van der Waals surface area contributed by atoms with Gasteiger partial charge in [0.05, 0.1) is 25.2 Å². The van der Waals surface area contributed by atoms with Crippen molar-refractivity contribution in [3.63, 3.8) is 0 Å². The van der Waals surface area contributed by atoms with E-state index < -0.39 is 18.2 Å². The third kappa shape index (κ3) is 36.8. The molecule has 0 aromatic rings. The second kappa shape index (κ2) is 41.2. The van der Waals surface area contributed by atoms with E-state index in [1.165, 1.54) is 96.3 Å². The molecule has 310 valence electrons. The van der Waals surface area contributed by atoms with Gasteiger partial charge in [-0.2, -0.15) is 0 Å². The molecular weight excluding hydrogens is 659 g/mol. The highest BCUT2D eigenvalue weighted by atomic mass is 16.5. The van der Waals surface area contributed by atoms with Crippen molar-refractivity contribution in [2.24, 2.45) is 0 Å². The Kier molecular flexibility index (Phi) is 39.8. The van der Waals surface area contributed by atoms with E-state index in [4.69, 9.17) is 4.74 Å². The standard InChI is InChI=1S/C47H87NO5/c1-4-7-10-13-16-19-22-25-26-29-32-35-38-43(53-47(52)40-37-34-31-28-24-21-18-15-12-9-6-3)41-46(51)48-44(42-49)45(50)39-36-33-30-27-23-20-17-14-11-8-5-2/h7,10,15-16,18-19,43-45,49-50H,4-6,8-9,11-14,17,20-42H2,1-3H3,(H,48,51)/b10-7+,18-15-,19-16+. The van der Waals surface area contributed by atoms with Crippen LogP contribution in [0.3, 0.4) is 0 Å². The Hall–Kier alpha value is -1.92. The molecule has 3 N–H and O–H groups in total. The predicted octanol–water partition coefficient (Wildman–Crippen LogP) is 12.9. The van der Waals surface area contributed by atoms with Crippen LogP contribution in [0.4, 0.5) is 0 Å². The maximum Gasteiger partial charge on any atom is 0.306 e. The summed E-state index contributed by atoms with van der Waals surface area (Å²) in [5, 5.41) is 23.6. The molecular formula is C47H87NO5. The number of hydrogen-bond acceptors (Lipinski definition) is 5. The third-order valence-electron chi connectivity index (χ3n) is 10.2. The van der Waals surface area contributed by atoms with Gasteiger partial charge in [-0.3, -0.25) is 9.59 Å². The molecule has 0 fully saturated rings. The Labute approximate surface area is 328 Å². The zero-order chi connectivity index (χ0) is 38.9. The summed E-state index contributed by atoms with van der Waals surface area (Å²) in [6.45, 7) is 6.31. The zero-order valence-corrected chi connectivity index (χ0v) is 35.1. The first kappa shape index (κ1) is 51.1. The molecule has 0 saturated carbocycles. The smallest absolute Gasteiger partial charge is 0.306 e. The monoisotopic (exact) mass is 746 g/mol. The van der Waals surface area contributed by atoms with Gasteiger partial charge in [-0.05, 0) is 70.6 Å². The lowest BCUT2D eigenvalue weighted by Gasteiger charge is -2.24. The first-order valence-electron chi connectivity index (χ1n) is 22.7. The Morgan fingerprint density at radius 3 is 1.60 bits per heavy atom. The van der Waals surface area contributed by atoms with Crippen molar-refractivity contribution in [1.82, 2.24) is 5.32 Å². The van der Waals surface area contributed by atoms with Crippen LogP contribution in [0.1, 0.15) is 226 Å². The number of aliphatic hydroxyl groups excluding tert-OH is 2. The number of allylic oxidation sites excluding steroid dienone is 6. The lowest BCUT2D eigenvalue weighted by Crippen LogP contribution is -2.46. The first-order chi connectivity index (χ1) is 26.0. The van der Waals surface area contributed by atoms with Crippen LogP contribution in [0, 0.1) is 0 Å². The Bertz CT molecular complexity index is 884. The number of amides is 1. The molecule has 0 aliphatic rings. The molecule has 6 heteroatoms. The van der Waals surface area contributed by atoms with E-state index in [9.17, 15) is 19.8 Å². The second-order valence-electron chi connectivity index (χ2n) is 15.4. The van der Waals surface area contributed by atoms with E-state index in [2.05, 4.69) is 62.5 Å². The predicted molar refractivity (Wildman–Crippen MR) is 227 cm³/mol. The van der Waals surface area contributed by atoms with Crippen molar-refractivity contribution in [2.75, 3.05) is 6.61 Å². The van der Waals surface area contributed by atoms with E-state index in [0.717, 1.165) is 83.5 Å². The SMILES string of the molecule is CC/C=C/C/C=C/CCCCCCCC(CC(=O)NC(CO)C(O)CCCCCCCCCCCCC)OC(=O)CCCCCCC/C=C\CCCC. The van der Waals surface area contributed by atoms with E-state index in [1.54, 1.807) is 0 Å². The minimum Gasteiger partial charge on any atom is -0.462 e. The van der Waals surface area contributed by atoms with Crippen LogP contribution < -0.4 is 5.32 Å². The highest BCUT2D eigenvalue weighted by Gasteiger charge is 2.24. The molecule has 0 aromatic heterocycles. The Morgan fingerprint density at radius 2 is 1.04 bits per heavy atom. The summed E-state index contributed by atoms with van der Waals surface area (Å²) in [4.78, 5) is 25.9. The summed E-state index contributed by atoms with van der Waals surface area (Å²) >= 11 is 0. The van der Waals surface area contributed by atoms with Crippen LogP contribution in [0.15, 0.2) is 36.5 Å². The number of unbranched alkanes of at least 4 members (excludes halogenated alkanes) is 22. The summed E-state index contributed by atoms with van der Waals surface area (Å²) in [6.07, 6.45) is 46.3. The van der Waals surface area contributed by atoms with Crippen molar-refractivity contribution in [3.05, 3.63) is 36.5 Å². The number of carbonyl (C=O) groups is 2. The molecule has 0 aliphatic heterocycles. The molecule has 0 heterocycles. The molecule has 0 saturated heterocycles. The summed E-state index contributed by atoms with van der Waals surface area (Å²) in [5.74, 6) is -0.499. The van der Waals surface area contributed by atoms with Crippen molar-refractivity contribution in [2.45, 2.75) is 244 Å². The van der Waals surface area contributed by atoms with Crippen molar-refractivity contribution < 1.29 is 24.5 Å². The van der Waals surface area contributed by atoms with Gasteiger partial charge in [-0.1, -0.05) is 179 Å². The molecule has 6 nitrogen and oxygen atoms in total. The van der Waals surface area contributed by atoms with Crippen LogP contribution in [-0.4, -0.2) is 46.9 Å². The maximum absolute atomic E-state index is 13.1. The van der Waals surface area contributed by atoms with Gasteiger partial charge < -0.3 is 20.3 Å². The quantitative estimate of drug-likeness (QED) is 0.0330. The van der Waals surface area contributed by atoms with Gasteiger partial charge in [-0.15, -0.1) is 0 Å². The molecule has 0 radical (unpaired) electrons. The van der Waals surface area contributed by atoms with Gasteiger partial charge in [0.1, 0.15) is 6.10 Å². The minimum atomic E-state index is -0.789. The average molecular weight is 746 g/mol. The van der Waals surface area contributed by atoms with Crippen LogP contribution in [0.25, 0.3) is 0 Å².